The molecule has 3 atom stereocenters. The molecule has 0 unspecified atom stereocenters. The van der Waals surface area contributed by atoms with Crippen LogP contribution in [-0.4, -0.2) is 66.0 Å². The van der Waals surface area contributed by atoms with Crippen LogP contribution in [0.5, 0.6) is 0 Å². The van der Waals surface area contributed by atoms with Crippen LogP contribution in [0.25, 0.3) is 0 Å². The van der Waals surface area contributed by atoms with E-state index in [-0.39, 0.29) is 42.3 Å². The van der Waals surface area contributed by atoms with Crippen LogP contribution < -0.4 is 10.6 Å². The number of pyridine rings is 1. The molecule has 3 rings (SSSR count). The Morgan fingerprint density at radius 1 is 1.38 bits per heavy atom. The minimum atomic E-state index is -0.223. The van der Waals surface area contributed by atoms with Crippen molar-refractivity contribution >= 4 is 17.7 Å². The fourth-order valence-electron chi connectivity index (χ4n) is 3.97. The predicted octanol–water partition coefficient (Wildman–Crippen LogP) is 1.12. The number of ether oxygens (including phenoxy) is 1. The molecule has 29 heavy (non-hydrogen) atoms. The molecule has 1 aliphatic carbocycles. The summed E-state index contributed by atoms with van der Waals surface area (Å²) in [5.41, 5.74) is 0.510. The highest BCUT2D eigenvalue weighted by Crippen LogP contribution is 2.29. The van der Waals surface area contributed by atoms with Crippen molar-refractivity contribution in [3.05, 3.63) is 30.1 Å². The van der Waals surface area contributed by atoms with Crippen molar-refractivity contribution in [3.63, 3.8) is 0 Å². The van der Waals surface area contributed by atoms with Crippen LogP contribution in [0.1, 0.15) is 49.4 Å². The summed E-state index contributed by atoms with van der Waals surface area (Å²) < 4.78 is 6.01. The molecule has 2 N–H and O–H groups in total. The van der Waals surface area contributed by atoms with E-state index in [4.69, 9.17) is 4.74 Å². The maximum atomic E-state index is 13.0. The highest BCUT2D eigenvalue weighted by atomic mass is 16.5. The van der Waals surface area contributed by atoms with Gasteiger partial charge in [0.05, 0.1) is 24.3 Å². The first-order chi connectivity index (χ1) is 14.1. The van der Waals surface area contributed by atoms with Gasteiger partial charge in [0, 0.05) is 38.0 Å². The van der Waals surface area contributed by atoms with Gasteiger partial charge < -0.3 is 20.3 Å². The highest BCUT2D eigenvalue weighted by molar-refractivity contribution is 5.94. The largest absolute Gasteiger partial charge is 0.376 e. The molecule has 0 spiro atoms. The second-order valence-electron chi connectivity index (χ2n) is 7.70. The Hall–Kier alpha value is -2.48. The normalized spacial score (nSPS) is 25.1. The topological polar surface area (TPSA) is 101 Å². The molecule has 0 aromatic carbocycles. The number of nitrogens with zero attached hydrogens (tertiary/aromatic N) is 2. The standard InChI is InChI=1S/C21H30N4O4/c1-2-11-29-18-12-15(21(28)25-10-4-9-23-19(26)14-25)6-7-17(18)24-20(27)16-5-3-8-22-13-16/h3,5,8,13,15,17-18H,2,4,6-7,9-12,14H2,1H3,(H,23,26)(H,24,27)/t15-,17-,18-/m0/s1. The lowest BCUT2D eigenvalue weighted by atomic mass is 9.82. The number of carbonyl (C=O) groups is 3. The quantitative estimate of drug-likeness (QED) is 0.743. The first kappa shape index (κ1) is 21.2. The first-order valence-electron chi connectivity index (χ1n) is 10.5. The SMILES string of the molecule is CCCO[C@H]1C[C@@H](C(=O)N2CCCNC(=O)C2)CC[C@@H]1NC(=O)c1cccnc1. The first-order valence-corrected chi connectivity index (χ1v) is 10.5. The van der Waals surface area contributed by atoms with Gasteiger partial charge in [0.2, 0.25) is 11.8 Å². The minimum Gasteiger partial charge on any atom is -0.376 e. The van der Waals surface area contributed by atoms with Gasteiger partial charge >= 0.3 is 0 Å². The van der Waals surface area contributed by atoms with Gasteiger partial charge in [-0.25, -0.2) is 0 Å². The van der Waals surface area contributed by atoms with Gasteiger partial charge in [-0.15, -0.1) is 0 Å². The number of aromatic nitrogens is 1. The van der Waals surface area contributed by atoms with Crippen LogP contribution in [0.3, 0.4) is 0 Å². The second-order valence-corrected chi connectivity index (χ2v) is 7.70. The summed E-state index contributed by atoms with van der Waals surface area (Å²) in [5.74, 6) is -0.451. The molecule has 1 aromatic heterocycles. The van der Waals surface area contributed by atoms with Crippen molar-refractivity contribution in [2.24, 2.45) is 5.92 Å². The summed E-state index contributed by atoms with van der Waals surface area (Å²) in [7, 11) is 0. The number of rotatable bonds is 6. The van der Waals surface area contributed by atoms with Crippen LogP contribution in [-0.2, 0) is 14.3 Å². The van der Waals surface area contributed by atoms with Gasteiger partial charge in [-0.05, 0) is 44.2 Å². The Kier molecular flexibility index (Phi) is 7.57. The molecule has 8 heteroatoms. The monoisotopic (exact) mass is 402 g/mol. The molecule has 1 aromatic rings. The van der Waals surface area contributed by atoms with E-state index in [1.807, 2.05) is 6.92 Å². The predicted molar refractivity (Wildman–Crippen MR) is 107 cm³/mol. The lowest BCUT2D eigenvalue weighted by Crippen LogP contribution is -2.51. The number of amides is 3. The summed E-state index contributed by atoms with van der Waals surface area (Å²) in [6.07, 6.45) is 6.46. The van der Waals surface area contributed by atoms with E-state index in [1.54, 1.807) is 23.2 Å². The third-order valence-electron chi connectivity index (χ3n) is 5.49. The smallest absolute Gasteiger partial charge is 0.253 e. The van der Waals surface area contributed by atoms with E-state index < -0.39 is 0 Å². The molecule has 0 bridgehead atoms. The number of hydrogen-bond acceptors (Lipinski definition) is 5. The van der Waals surface area contributed by atoms with Gasteiger partial charge in [-0.2, -0.15) is 0 Å². The zero-order valence-corrected chi connectivity index (χ0v) is 16.9. The van der Waals surface area contributed by atoms with Crippen LogP contribution in [0.2, 0.25) is 0 Å². The molecule has 2 fully saturated rings. The fourth-order valence-corrected chi connectivity index (χ4v) is 3.97. The Morgan fingerprint density at radius 3 is 3.00 bits per heavy atom. The van der Waals surface area contributed by atoms with E-state index >= 15 is 0 Å². The van der Waals surface area contributed by atoms with Gasteiger partial charge in [-0.3, -0.25) is 19.4 Å². The Bertz CT molecular complexity index is 712. The average molecular weight is 402 g/mol. The third-order valence-corrected chi connectivity index (χ3v) is 5.49. The van der Waals surface area contributed by atoms with Crippen LogP contribution in [0.4, 0.5) is 0 Å². The molecule has 1 saturated carbocycles. The van der Waals surface area contributed by atoms with Crippen LogP contribution >= 0.6 is 0 Å². The summed E-state index contributed by atoms with van der Waals surface area (Å²) in [5, 5.41) is 5.86. The van der Waals surface area contributed by atoms with E-state index in [1.165, 1.54) is 6.20 Å². The molecule has 1 aliphatic heterocycles. The summed E-state index contributed by atoms with van der Waals surface area (Å²) >= 11 is 0. The van der Waals surface area contributed by atoms with Crippen LogP contribution in [0, 0.1) is 5.92 Å². The van der Waals surface area contributed by atoms with Crippen molar-refractivity contribution in [1.29, 1.82) is 0 Å². The number of carbonyl (C=O) groups excluding carboxylic acids is 3. The van der Waals surface area contributed by atoms with Crippen molar-refractivity contribution < 1.29 is 19.1 Å². The molecule has 2 heterocycles. The van der Waals surface area contributed by atoms with Crippen LogP contribution in [0.15, 0.2) is 24.5 Å². The maximum absolute atomic E-state index is 13.0. The number of hydrogen-bond donors (Lipinski definition) is 2. The summed E-state index contributed by atoms with van der Waals surface area (Å²) in [6.45, 7) is 3.94. The molecule has 3 amide bonds. The van der Waals surface area contributed by atoms with E-state index in [0.717, 1.165) is 12.8 Å². The molecular formula is C21H30N4O4. The Labute approximate surface area is 171 Å². The lowest BCUT2D eigenvalue weighted by Gasteiger charge is -2.37. The number of nitrogens with one attached hydrogen (secondary N) is 2. The van der Waals surface area contributed by atoms with Gasteiger partial charge in [0.1, 0.15) is 0 Å². The minimum absolute atomic E-state index is 0.0178. The molecule has 158 valence electrons. The van der Waals surface area contributed by atoms with Gasteiger partial charge in [-0.1, -0.05) is 6.92 Å². The highest BCUT2D eigenvalue weighted by Gasteiger charge is 2.37. The molecule has 8 nitrogen and oxygen atoms in total. The van der Waals surface area contributed by atoms with Crippen molar-refractivity contribution in [2.45, 2.75) is 51.2 Å². The van der Waals surface area contributed by atoms with Crippen molar-refractivity contribution in [2.75, 3.05) is 26.2 Å². The zero-order valence-electron chi connectivity index (χ0n) is 16.9. The molecule has 2 aliphatic rings. The lowest BCUT2D eigenvalue weighted by molar-refractivity contribution is -0.141. The molecule has 0 radical (unpaired) electrons. The molecule has 1 saturated heterocycles. The Balaban J connectivity index is 1.63. The maximum Gasteiger partial charge on any atom is 0.253 e. The summed E-state index contributed by atoms with van der Waals surface area (Å²) in [4.78, 5) is 43.0. The van der Waals surface area contributed by atoms with Crippen molar-refractivity contribution in [1.82, 2.24) is 20.5 Å². The van der Waals surface area contributed by atoms with Gasteiger partial charge in [0.15, 0.2) is 0 Å². The average Bonchev–Trinajstić information content (AvgIpc) is 2.97. The third kappa shape index (κ3) is 5.76. The second kappa shape index (κ2) is 10.3. The summed E-state index contributed by atoms with van der Waals surface area (Å²) in [6, 6.07) is 3.31. The van der Waals surface area contributed by atoms with E-state index in [9.17, 15) is 14.4 Å². The fraction of sp³-hybridized carbons (Fsp3) is 0.619. The van der Waals surface area contributed by atoms with E-state index in [0.29, 0.717) is 44.5 Å². The van der Waals surface area contributed by atoms with Gasteiger partial charge in [0.25, 0.3) is 5.91 Å². The Morgan fingerprint density at radius 2 is 2.24 bits per heavy atom. The van der Waals surface area contributed by atoms with Crippen molar-refractivity contribution in [3.8, 4) is 0 Å². The zero-order chi connectivity index (χ0) is 20.6. The molecular weight excluding hydrogens is 372 g/mol. The van der Waals surface area contributed by atoms with E-state index in [2.05, 4.69) is 15.6 Å².